The maximum absolute atomic E-state index is 5.51. The van der Waals surface area contributed by atoms with Crippen LogP contribution in [-0.2, 0) is 25.8 Å². The van der Waals surface area contributed by atoms with Crippen molar-refractivity contribution in [2.24, 2.45) is 9.98 Å². The van der Waals surface area contributed by atoms with E-state index in [-0.39, 0.29) is 25.8 Å². The molecule has 5 aliphatic rings. The molecule has 2 aliphatic carbocycles. The fourth-order valence-electron chi connectivity index (χ4n) is 8.21. The smallest absolute Gasteiger partial charge is 0.657 e. The molecule has 3 nitrogen and oxygen atoms in total. The second-order valence-electron chi connectivity index (χ2n) is 15.7. The topological polar surface area (TPSA) is 38.8 Å². The van der Waals surface area contributed by atoms with Crippen LogP contribution in [0.5, 0.6) is 0 Å². The summed E-state index contributed by atoms with van der Waals surface area (Å²) in [6.45, 7) is 6.81. The van der Waals surface area contributed by atoms with Gasteiger partial charge >= 0.3 is 20.4 Å². The average Bonchev–Trinajstić information content (AvgIpc) is 4.04. The van der Waals surface area contributed by atoms with Crippen LogP contribution in [0.25, 0.3) is 33.4 Å². The molecule has 0 spiro atoms. The van der Waals surface area contributed by atoms with Gasteiger partial charge in [0, 0.05) is 11.4 Å². The third-order valence-electron chi connectivity index (χ3n) is 11.0. The molecule has 1 aromatic heterocycles. The second kappa shape index (κ2) is 15.1. The predicted molar refractivity (Wildman–Crippen MR) is 236 cm³/mol. The van der Waals surface area contributed by atoms with E-state index in [1.165, 1.54) is 5.56 Å². The molecule has 0 fully saturated rings. The van der Waals surface area contributed by atoms with Gasteiger partial charge in [0.15, 0.2) is 0 Å². The van der Waals surface area contributed by atoms with Gasteiger partial charge in [-0.25, -0.2) is 0 Å². The number of hydrogen-bond acceptors (Lipinski definition) is 2. The SMILES string of the molecule is CC(C)(C)c1ccc2c3[c-]c(c-2cc1)C(c1ccccc1)=C1C=CC(=N1)C(c1ccccc1)=c1ccc([n-]1)=C(c1ccccc1)C1=NC(=C3c2ccccc2)C=C1.[Pd+2]. The van der Waals surface area contributed by atoms with Crippen molar-refractivity contribution < 1.29 is 20.4 Å². The molecule has 280 valence electrons. The van der Waals surface area contributed by atoms with E-state index in [1.807, 2.05) is 12.1 Å². The van der Waals surface area contributed by atoms with Crippen LogP contribution in [0.4, 0.5) is 0 Å². The Morgan fingerprint density at radius 2 is 0.776 bits per heavy atom. The van der Waals surface area contributed by atoms with E-state index in [4.69, 9.17) is 15.0 Å². The largest absolute Gasteiger partial charge is 2.00 e. The van der Waals surface area contributed by atoms with Gasteiger partial charge in [-0.2, -0.15) is 0 Å². The first kappa shape index (κ1) is 37.2. The molecular weight excluding hydrogens is 797 g/mol. The van der Waals surface area contributed by atoms with Gasteiger partial charge in [0.05, 0.1) is 11.4 Å². The van der Waals surface area contributed by atoms with E-state index in [1.54, 1.807) is 0 Å². The van der Waals surface area contributed by atoms with Crippen LogP contribution in [0, 0.1) is 6.07 Å². The number of allylic oxidation sites excluding steroid dienone is 4. The number of hydrogen-bond donors (Lipinski definition) is 0. The van der Waals surface area contributed by atoms with Crippen molar-refractivity contribution in [2.75, 3.05) is 0 Å². The van der Waals surface area contributed by atoms with Gasteiger partial charge in [-0.3, -0.25) is 9.98 Å². The maximum atomic E-state index is 5.51. The molecule has 0 saturated carbocycles. The molecule has 0 saturated heterocycles. The van der Waals surface area contributed by atoms with Gasteiger partial charge in [-0.15, -0.1) is 39.0 Å². The first-order valence-electron chi connectivity index (χ1n) is 19.5. The molecule has 5 aromatic rings. The van der Waals surface area contributed by atoms with E-state index in [9.17, 15) is 0 Å². The summed E-state index contributed by atoms with van der Waals surface area (Å²) < 4.78 is 0. The maximum Gasteiger partial charge on any atom is 2.00 e. The van der Waals surface area contributed by atoms with Crippen LogP contribution in [0.15, 0.2) is 203 Å². The van der Waals surface area contributed by atoms with Crippen LogP contribution in [0.3, 0.4) is 0 Å². The van der Waals surface area contributed by atoms with Gasteiger partial charge in [0.25, 0.3) is 0 Å². The van der Waals surface area contributed by atoms with Crippen molar-refractivity contribution in [1.82, 2.24) is 4.98 Å². The van der Waals surface area contributed by atoms with Crippen molar-refractivity contribution in [1.29, 1.82) is 0 Å². The summed E-state index contributed by atoms with van der Waals surface area (Å²) in [7, 11) is 0. The molecule has 0 N–H and O–H groups in total. The quantitative estimate of drug-likeness (QED) is 0.129. The predicted octanol–water partition coefficient (Wildman–Crippen LogP) is 10.5. The first-order chi connectivity index (χ1) is 27.9. The summed E-state index contributed by atoms with van der Waals surface area (Å²) >= 11 is 0. The summed E-state index contributed by atoms with van der Waals surface area (Å²) in [5.74, 6) is 0. The molecule has 3 aliphatic heterocycles. The zero-order chi connectivity index (χ0) is 38.5. The van der Waals surface area contributed by atoms with Gasteiger partial charge in [-0.1, -0.05) is 190 Å². The van der Waals surface area contributed by atoms with Gasteiger partial charge in [0.2, 0.25) is 0 Å². The summed E-state index contributed by atoms with van der Waals surface area (Å²) in [4.78, 5) is 16.4. The van der Waals surface area contributed by atoms with Crippen molar-refractivity contribution in [3.8, 4) is 11.1 Å². The molecule has 4 heteroatoms. The van der Waals surface area contributed by atoms with Gasteiger partial charge in [-0.05, 0) is 68.7 Å². The van der Waals surface area contributed by atoms with Crippen molar-refractivity contribution >= 4 is 33.7 Å². The summed E-state index contributed by atoms with van der Waals surface area (Å²) in [5, 5.41) is 1.72. The molecule has 0 atom stereocenters. The Kier molecular flexibility index (Phi) is 9.70. The number of rotatable bonds is 4. The van der Waals surface area contributed by atoms with E-state index in [2.05, 4.69) is 197 Å². The summed E-state index contributed by atoms with van der Waals surface area (Å²) in [6, 6.07) is 59.7. The van der Waals surface area contributed by atoms with Crippen LogP contribution < -0.4 is 15.7 Å². The Morgan fingerprint density at radius 3 is 1.14 bits per heavy atom. The van der Waals surface area contributed by atoms with Crippen molar-refractivity contribution in [2.45, 2.75) is 26.2 Å². The van der Waals surface area contributed by atoms with E-state index < -0.39 is 0 Å². The normalized spacial score (nSPS) is 14.9. The van der Waals surface area contributed by atoms with Gasteiger partial charge < -0.3 is 4.98 Å². The molecule has 10 rings (SSSR count). The van der Waals surface area contributed by atoms with Crippen LogP contribution >= 0.6 is 0 Å². The van der Waals surface area contributed by atoms with Crippen LogP contribution in [-0.4, -0.2) is 11.4 Å². The van der Waals surface area contributed by atoms with Crippen molar-refractivity contribution in [3.63, 3.8) is 0 Å². The fraction of sp³-hybridized carbons (Fsp3) is 0.0741. The summed E-state index contributed by atoms with van der Waals surface area (Å²) in [6.07, 6.45) is 8.61. The number of aliphatic imine (C=N–C) groups is 2. The Balaban J connectivity index is 0.00000436. The molecule has 4 heterocycles. The summed E-state index contributed by atoms with van der Waals surface area (Å²) in [5.41, 5.74) is 17.2. The molecule has 58 heavy (non-hydrogen) atoms. The van der Waals surface area contributed by atoms with E-state index in [0.29, 0.717) is 0 Å². The second-order valence-corrected chi connectivity index (χ2v) is 15.7. The number of benzene rings is 4. The molecule has 0 unspecified atom stereocenters. The first-order valence-corrected chi connectivity index (χ1v) is 19.5. The Morgan fingerprint density at radius 1 is 0.414 bits per heavy atom. The third-order valence-corrected chi connectivity index (χ3v) is 11.0. The van der Waals surface area contributed by atoms with Crippen LogP contribution in [0.2, 0.25) is 0 Å². The Bertz CT molecular complexity index is 2790. The fourth-order valence-corrected chi connectivity index (χ4v) is 8.21. The standard InChI is InChI=1S/C54H39N3.Pd/c1-54(2,3)39-24-26-40-41(27-25-39)43-34-42(40)50(35-16-8-4-9-17-35)44-28-30-46(55-44)52(37-20-12-6-13-21-37)48-32-33-49(57-48)53(38-22-14-7-15-23-38)47-31-29-45(56-47)51(43)36-18-10-5-11-19-36;/h4-33H,1-3H3;/q-2;+2. The third kappa shape index (κ3) is 6.65. The number of fused-ring (bicyclic) bond motifs is 9. The Labute approximate surface area is 353 Å². The molecule has 0 amide bonds. The van der Waals surface area contributed by atoms with Gasteiger partial charge in [0.1, 0.15) is 0 Å². The number of aromatic nitrogens is 1. The molecular formula is C54H39N3Pd. The van der Waals surface area contributed by atoms with Crippen LogP contribution in [0.1, 0.15) is 59.7 Å². The minimum atomic E-state index is -0.0440. The molecule has 0 radical (unpaired) electrons. The van der Waals surface area contributed by atoms with E-state index in [0.717, 1.165) is 100 Å². The zero-order valence-electron chi connectivity index (χ0n) is 32.5. The zero-order valence-corrected chi connectivity index (χ0v) is 34.0. The minimum Gasteiger partial charge on any atom is -0.657 e. The molecule has 4 aromatic carbocycles. The minimum absolute atomic E-state index is 0. The van der Waals surface area contributed by atoms with Crippen molar-refractivity contribution in [3.05, 3.63) is 249 Å². The monoisotopic (exact) mass is 835 g/mol. The average molecular weight is 836 g/mol. The van der Waals surface area contributed by atoms with E-state index >= 15 is 0 Å². The molecule has 8 bridgehead atoms. The Hall–Kier alpha value is -6.44. The number of nitrogens with zero attached hydrogens (tertiary/aromatic N) is 3.